The fraction of sp³-hybridized carbons (Fsp3) is 0.188. The lowest BCUT2D eigenvalue weighted by Gasteiger charge is -2.09. The molecule has 0 aliphatic heterocycles. The second kappa shape index (κ2) is 7.31. The molecule has 5 heteroatoms. The fourth-order valence-corrected chi connectivity index (χ4v) is 1.81. The van der Waals surface area contributed by atoms with Crippen LogP contribution in [-0.2, 0) is 0 Å². The van der Waals surface area contributed by atoms with Gasteiger partial charge in [0.15, 0.2) is 0 Å². The number of amides is 1. The first-order valence-corrected chi connectivity index (χ1v) is 6.62. The van der Waals surface area contributed by atoms with E-state index >= 15 is 0 Å². The average Bonchev–Trinajstić information content (AvgIpc) is 2.51. The maximum absolute atomic E-state index is 11.3. The standard InChI is InChI=1S/C16H18N2O3/c1-12-3-2-4-15(11-12)21-10-9-20-14-7-5-13(6-8-14)16(19)18-17/h2-8,11H,9-10,17H2,1H3,(H,18,19). The average molecular weight is 286 g/mol. The monoisotopic (exact) mass is 286 g/mol. The van der Waals surface area contributed by atoms with Gasteiger partial charge in [0.2, 0.25) is 0 Å². The molecule has 0 bridgehead atoms. The van der Waals surface area contributed by atoms with Gasteiger partial charge in [0.25, 0.3) is 5.91 Å². The lowest BCUT2D eigenvalue weighted by molar-refractivity contribution is 0.0953. The van der Waals surface area contributed by atoms with Crippen LogP contribution in [0, 0.1) is 6.92 Å². The Labute approximate surface area is 123 Å². The Balaban J connectivity index is 1.77. The molecule has 0 fully saturated rings. The summed E-state index contributed by atoms with van der Waals surface area (Å²) < 4.78 is 11.1. The first-order valence-electron chi connectivity index (χ1n) is 6.62. The molecule has 0 heterocycles. The summed E-state index contributed by atoms with van der Waals surface area (Å²) in [6.45, 7) is 2.90. The van der Waals surface area contributed by atoms with Crippen molar-refractivity contribution in [1.82, 2.24) is 5.43 Å². The van der Waals surface area contributed by atoms with Gasteiger partial charge in [-0.15, -0.1) is 0 Å². The minimum absolute atomic E-state index is 0.329. The molecule has 0 aliphatic carbocycles. The van der Waals surface area contributed by atoms with Gasteiger partial charge in [-0.1, -0.05) is 12.1 Å². The smallest absolute Gasteiger partial charge is 0.265 e. The number of ether oxygens (including phenoxy) is 2. The van der Waals surface area contributed by atoms with E-state index in [1.165, 1.54) is 0 Å². The van der Waals surface area contributed by atoms with Gasteiger partial charge in [-0.2, -0.15) is 0 Å². The van der Waals surface area contributed by atoms with E-state index in [0.717, 1.165) is 11.3 Å². The first kappa shape index (κ1) is 14.9. The van der Waals surface area contributed by atoms with Gasteiger partial charge >= 0.3 is 0 Å². The van der Waals surface area contributed by atoms with Crippen molar-refractivity contribution in [1.29, 1.82) is 0 Å². The summed E-state index contributed by atoms with van der Waals surface area (Å²) in [4.78, 5) is 11.3. The molecule has 0 unspecified atom stereocenters. The zero-order valence-corrected chi connectivity index (χ0v) is 11.8. The molecule has 1 amide bonds. The molecule has 0 saturated heterocycles. The summed E-state index contributed by atoms with van der Waals surface area (Å²) in [6.07, 6.45) is 0. The molecule has 2 aromatic carbocycles. The number of rotatable bonds is 6. The molecule has 0 saturated carbocycles. The minimum atomic E-state index is -0.329. The number of carbonyl (C=O) groups excluding carboxylic acids is 1. The minimum Gasteiger partial charge on any atom is -0.490 e. The third-order valence-corrected chi connectivity index (χ3v) is 2.86. The van der Waals surface area contributed by atoms with Crippen LogP contribution in [0.3, 0.4) is 0 Å². The van der Waals surface area contributed by atoms with Crippen molar-refractivity contribution in [2.45, 2.75) is 6.92 Å². The number of hydrogen-bond acceptors (Lipinski definition) is 4. The van der Waals surface area contributed by atoms with Crippen molar-refractivity contribution < 1.29 is 14.3 Å². The number of nitrogens with two attached hydrogens (primary N) is 1. The lowest BCUT2D eigenvalue weighted by atomic mass is 10.2. The second-order valence-electron chi connectivity index (χ2n) is 4.51. The van der Waals surface area contributed by atoms with Crippen LogP contribution in [0.4, 0.5) is 0 Å². The molecule has 0 spiro atoms. The number of benzene rings is 2. The largest absolute Gasteiger partial charge is 0.490 e. The number of hydrogen-bond donors (Lipinski definition) is 2. The van der Waals surface area contributed by atoms with Crippen LogP contribution >= 0.6 is 0 Å². The van der Waals surface area contributed by atoms with Crippen LogP contribution < -0.4 is 20.7 Å². The second-order valence-corrected chi connectivity index (χ2v) is 4.51. The van der Waals surface area contributed by atoms with Crippen LogP contribution in [0.15, 0.2) is 48.5 Å². The van der Waals surface area contributed by atoms with Crippen LogP contribution in [0.1, 0.15) is 15.9 Å². The van der Waals surface area contributed by atoms with E-state index in [-0.39, 0.29) is 5.91 Å². The summed E-state index contributed by atoms with van der Waals surface area (Å²) in [5, 5.41) is 0. The van der Waals surface area contributed by atoms with Crippen molar-refractivity contribution in [3.8, 4) is 11.5 Å². The predicted molar refractivity (Wildman–Crippen MR) is 80.3 cm³/mol. The summed E-state index contributed by atoms with van der Waals surface area (Å²) in [7, 11) is 0. The fourth-order valence-electron chi connectivity index (χ4n) is 1.81. The summed E-state index contributed by atoms with van der Waals surface area (Å²) in [5.41, 5.74) is 3.72. The first-order chi connectivity index (χ1) is 10.2. The van der Waals surface area contributed by atoms with E-state index in [1.807, 2.05) is 31.2 Å². The van der Waals surface area contributed by atoms with Crippen molar-refractivity contribution in [2.75, 3.05) is 13.2 Å². The third kappa shape index (κ3) is 4.50. The van der Waals surface area contributed by atoms with Crippen LogP contribution in [-0.4, -0.2) is 19.1 Å². The van der Waals surface area contributed by atoms with Crippen LogP contribution in [0.25, 0.3) is 0 Å². The molecule has 2 rings (SSSR count). The topological polar surface area (TPSA) is 73.6 Å². The zero-order valence-electron chi connectivity index (χ0n) is 11.8. The van der Waals surface area contributed by atoms with E-state index in [2.05, 4.69) is 5.43 Å². The number of nitrogens with one attached hydrogen (secondary N) is 1. The van der Waals surface area contributed by atoms with Crippen LogP contribution in [0.2, 0.25) is 0 Å². The molecule has 110 valence electrons. The van der Waals surface area contributed by atoms with Crippen molar-refractivity contribution >= 4 is 5.91 Å². The maximum Gasteiger partial charge on any atom is 0.265 e. The highest BCUT2D eigenvalue weighted by Crippen LogP contribution is 2.14. The Morgan fingerprint density at radius 2 is 1.71 bits per heavy atom. The van der Waals surface area contributed by atoms with E-state index in [0.29, 0.717) is 24.5 Å². The summed E-state index contributed by atoms with van der Waals surface area (Å²) in [5.74, 6) is 6.23. The van der Waals surface area contributed by atoms with Gasteiger partial charge in [0.1, 0.15) is 24.7 Å². The van der Waals surface area contributed by atoms with Gasteiger partial charge in [0.05, 0.1) is 0 Å². The Morgan fingerprint density at radius 1 is 1.05 bits per heavy atom. The van der Waals surface area contributed by atoms with Gasteiger partial charge < -0.3 is 9.47 Å². The number of aryl methyl sites for hydroxylation is 1. The van der Waals surface area contributed by atoms with E-state index in [9.17, 15) is 4.79 Å². The Hall–Kier alpha value is -2.53. The third-order valence-electron chi connectivity index (χ3n) is 2.86. The normalized spacial score (nSPS) is 10.0. The van der Waals surface area contributed by atoms with Gasteiger partial charge in [-0.3, -0.25) is 10.2 Å². The highest BCUT2D eigenvalue weighted by atomic mass is 16.5. The molecule has 0 aromatic heterocycles. The van der Waals surface area contributed by atoms with E-state index < -0.39 is 0 Å². The summed E-state index contributed by atoms with van der Waals surface area (Å²) >= 11 is 0. The molecule has 21 heavy (non-hydrogen) atoms. The quantitative estimate of drug-likeness (QED) is 0.369. The predicted octanol–water partition coefficient (Wildman–Crippen LogP) is 2.06. The molecular formula is C16H18N2O3. The maximum atomic E-state index is 11.3. The Bertz CT molecular complexity index is 597. The summed E-state index contributed by atoms with van der Waals surface area (Å²) in [6, 6.07) is 14.6. The Morgan fingerprint density at radius 3 is 2.33 bits per heavy atom. The number of nitrogen functional groups attached to an aromatic ring is 1. The van der Waals surface area contributed by atoms with Crippen molar-refractivity contribution in [3.05, 3.63) is 59.7 Å². The van der Waals surface area contributed by atoms with Gasteiger partial charge in [-0.05, 0) is 48.9 Å². The van der Waals surface area contributed by atoms with E-state index in [1.54, 1.807) is 24.3 Å². The molecular weight excluding hydrogens is 268 g/mol. The lowest BCUT2D eigenvalue weighted by Crippen LogP contribution is -2.29. The molecule has 2 aromatic rings. The van der Waals surface area contributed by atoms with E-state index in [4.69, 9.17) is 15.3 Å². The van der Waals surface area contributed by atoms with Crippen molar-refractivity contribution in [2.24, 2.45) is 5.84 Å². The highest BCUT2D eigenvalue weighted by molar-refractivity contribution is 5.93. The molecule has 0 atom stereocenters. The SMILES string of the molecule is Cc1cccc(OCCOc2ccc(C(=O)NN)cc2)c1. The van der Waals surface area contributed by atoms with Gasteiger partial charge in [-0.25, -0.2) is 5.84 Å². The number of carbonyl (C=O) groups is 1. The zero-order chi connectivity index (χ0) is 15.1. The molecule has 0 aliphatic rings. The van der Waals surface area contributed by atoms with Crippen molar-refractivity contribution in [3.63, 3.8) is 0 Å². The molecule has 3 N–H and O–H groups in total. The highest BCUT2D eigenvalue weighted by Gasteiger charge is 2.03. The Kier molecular flexibility index (Phi) is 5.17. The number of hydrazine groups is 1. The molecule has 5 nitrogen and oxygen atoms in total. The van der Waals surface area contributed by atoms with Crippen LogP contribution in [0.5, 0.6) is 11.5 Å². The van der Waals surface area contributed by atoms with Gasteiger partial charge in [0, 0.05) is 5.56 Å². The molecule has 0 radical (unpaired) electrons.